The van der Waals surface area contributed by atoms with Crippen molar-refractivity contribution in [3.8, 4) is 0 Å². The van der Waals surface area contributed by atoms with Gasteiger partial charge in [-0.3, -0.25) is 4.79 Å². The van der Waals surface area contributed by atoms with Crippen LogP contribution >= 0.6 is 22.9 Å². The Morgan fingerprint density at radius 2 is 1.60 bits per heavy atom. The second-order valence-electron chi connectivity index (χ2n) is 7.98. The summed E-state index contributed by atoms with van der Waals surface area (Å²) >= 11 is 7.70. The molecule has 0 atom stereocenters. The molecule has 2 aromatic carbocycles. The number of aromatic nitrogens is 1. The van der Waals surface area contributed by atoms with E-state index in [0.29, 0.717) is 0 Å². The van der Waals surface area contributed by atoms with Gasteiger partial charge in [0, 0.05) is 55.5 Å². The summed E-state index contributed by atoms with van der Waals surface area (Å²) in [5.41, 5.74) is 2.91. The zero-order valence-electron chi connectivity index (χ0n) is 16.9. The minimum atomic E-state index is 0.112. The number of piperidine rings is 1. The number of halogens is 1. The number of carbonyl (C=O) groups excluding carboxylic acids is 1. The molecular formula is C23H25ClN4OS. The molecule has 2 saturated heterocycles. The van der Waals surface area contributed by atoms with Crippen LogP contribution in [0.15, 0.2) is 42.5 Å². The molecule has 2 fully saturated rings. The van der Waals surface area contributed by atoms with Gasteiger partial charge in [-0.1, -0.05) is 22.9 Å². The lowest BCUT2D eigenvalue weighted by Crippen LogP contribution is -2.48. The van der Waals surface area contributed by atoms with Gasteiger partial charge < -0.3 is 14.7 Å². The highest BCUT2D eigenvalue weighted by Gasteiger charge is 2.23. The van der Waals surface area contributed by atoms with Crippen molar-refractivity contribution in [1.82, 2.24) is 9.88 Å². The molecule has 1 amide bonds. The minimum absolute atomic E-state index is 0.112. The Hall–Kier alpha value is -2.31. The molecule has 30 heavy (non-hydrogen) atoms. The molecule has 3 aromatic rings. The zero-order valence-corrected chi connectivity index (χ0v) is 18.5. The first-order valence-electron chi connectivity index (χ1n) is 10.6. The Morgan fingerprint density at radius 1 is 0.867 bits per heavy atom. The van der Waals surface area contributed by atoms with Crippen molar-refractivity contribution in [2.24, 2.45) is 0 Å². The van der Waals surface area contributed by atoms with E-state index in [-0.39, 0.29) is 5.91 Å². The third-order valence-corrected chi connectivity index (χ3v) is 7.34. The first kappa shape index (κ1) is 19.6. The molecule has 7 heteroatoms. The summed E-state index contributed by atoms with van der Waals surface area (Å²) in [7, 11) is 0. The molecule has 2 aliphatic rings. The van der Waals surface area contributed by atoms with E-state index in [0.717, 1.165) is 70.9 Å². The van der Waals surface area contributed by atoms with E-state index in [1.807, 2.05) is 47.4 Å². The largest absolute Gasteiger partial charge is 0.368 e. The van der Waals surface area contributed by atoms with Crippen LogP contribution in [-0.4, -0.2) is 55.1 Å². The molecule has 0 spiro atoms. The predicted molar refractivity (Wildman–Crippen MR) is 125 cm³/mol. The fraction of sp³-hybridized carbons (Fsp3) is 0.391. The van der Waals surface area contributed by atoms with Crippen molar-refractivity contribution in [3.63, 3.8) is 0 Å². The maximum absolute atomic E-state index is 13.1. The van der Waals surface area contributed by atoms with E-state index < -0.39 is 0 Å². The summed E-state index contributed by atoms with van der Waals surface area (Å²) in [6.07, 6.45) is 3.79. The molecule has 5 nitrogen and oxygen atoms in total. The lowest BCUT2D eigenvalue weighted by Gasteiger charge is -2.36. The summed E-state index contributed by atoms with van der Waals surface area (Å²) in [5, 5.41) is 1.83. The van der Waals surface area contributed by atoms with Gasteiger partial charge in [0.2, 0.25) is 0 Å². The number of hydrogen-bond acceptors (Lipinski definition) is 5. The smallest absolute Gasteiger partial charge is 0.254 e. The van der Waals surface area contributed by atoms with Gasteiger partial charge >= 0.3 is 0 Å². The van der Waals surface area contributed by atoms with E-state index >= 15 is 0 Å². The second-order valence-corrected chi connectivity index (χ2v) is 9.43. The topological polar surface area (TPSA) is 39.7 Å². The third kappa shape index (κ3) is 3.98. The fourth-order valence-corrected chi connectivity index (χ4v) is 5.45. The second kappa shape index (κ2) is 8.44. The van der Waals surface area contributed by atoms with Crippen LogP contribution in [0, 0.1) is 0 Å². The lowest BCUT2D eigenvalue weighted by atomic mass is 10.1. The predicted octanol–water partition coefficient (Wildman–Crippen LogP) is 4.90. The van der Waals surface area contributed by atoms with Crippen molar-refractivity contribution < 1.29 is 4.79 Å². The highest BCUT2D eigenvalue weighted by atomic mass is 35.5. The van der Waals surface area contributed by atoms with Crippen molar-refractivity contribution in [2.45, 2.75) is 19.3 Å². The quantitative estimate of drug-likeness (QED) is 0.580. The van der Waals surface area contributed by atoms with E-state index in [4.69, 9.17) is 16.6 Å². The van der Waals surface area contributed by atoms with Crippen LogP contribution in [0.2, 0.25) is 5.02 Å². The van der Waals surface area contributed by atoms with Gasteiger partial charge in [-0.25, -0.2) is 4.98 Å². The van der Waals surface area contributed by atoms with E-state index in [9.17, 15) is 4.79 Å². The number of carbonyl (C=O) groups is 1. The summed E-state index contributed by atoms with van der Waals surface area (Å²) in [6, 6.07) is 13.9. The van der Waals surface area contributed by atoms with Crippen LogP contribution in [-0.2, 0) is 0 Å². The van der Waals surface area contributed by atoms with Gasteiger partial charge in [-0.05, 0) is 61.7 Å². The Kier molecular flexibility index (Phi) is 5.52. The number of nitrogens with zero attached hydrogens (tertiary/aromatic N) is 4. The number of hydrogen-bond donors (Lipinski definition) is 0. The molecule has 1 aromatic heterocycles. The molecule has 5 rings (SSSR count). The Bertz CT molecular complexity index is 1040. The molecule has 2 aliphatic heterocycles. The normalized spacial score (nSPS) is 17.6. The lowest BCUT2D eigenvalue weighted by molar-refractivity contribution is 0.0747. The molecule has 3 heterocycles. The van der Waals surface area contributed by atoms with Crippen molar-refractivity contribution in [1.29, 1.82) is 0 Å². The Balaban J connectivity index is 1.27. The molecule has 156 valence electrons. The van der Waals surface area contributed by atoms with Crippen LogP contribution in [0.25, 0.3) is 10.2 Å². The Morgan fingerprint density at radius 3 is 2.33 bits per heavy atom. The standard InChI is InChI=1S/C23H25ClN4OS/c24-18-5-7-19(8-6-18)26-12-14-27(15-13-26)22(29)17-4-9-20-21(16-17)30-23(25-20)28-10-2-1-3-11-28/h4-9,16H,1-3,10-15H2. The minimum Gasteiger partial charge on any atom is -0.368 e. The third-order valence-electron chi connectivity index (χ3n) is 6.01. The Labute approximate surface area is 185 Å². The van der Waals surface area contributed by atoms with Gasteiger partial charge in [0.1, 0.15) is 0 Å². The first-order chi connectivity index (χ1) is 14.7. The van der Waals surface area contributed by atoms with Gasteiger partial charge in [-0.2, -0.15) is 0 Å². The molecule has 0 unspecified atom stereocenters. The van der Waals surface area contributed by atoms with Crippen LogP contribution in [0.3, 0.4) is 0 Å². The van der Waals surface area contributed by atoms with Crippen LogP contribution in [0.5, 0.6) is 0 Å². The zero-order chi connectivity index (χ0) is 20.5. The van der Waals surface area contributed by atoms with Gasteiger partial charge in [-0.15, -0.1) is 0 Å². The van der Waals surface area contributed by atoms with Crippen molar-refractivity contribution in [2.75, 3.05) is 49.1 Å². The van der Waals surface area contributed by atoms with E-state index in [1.165, 1.54) is 19.3 Å². The monoisotopic (exact) mass is 440 g/mol. The number of piperazine rings is 1. The maximum atomic E-state index is 13.1. The average Bonchev–Trinajstić information content (AvgIpc) is 3.23. The molecule has 0 saturated carbocycles. The highest BCUT2D eigenvalue weighted by molar-refractivity contribution is 7.22. The molecule has 0 N–H and O–H groups in total. The summed E-state index contributed by atoms with van der Waals surface area (Å²) in [4.78, 5) is 24.5. The molecule has 0 aliphatic carbocycles. The number of thiazole rings is 1. The average molecular weight is 441 g/mol. The summed E-state index contributed by atoms with van der Waals surface area (Å²) in [6.45, 7) is 5.28. The van der Waals surface area contributed by atoms with Crippen LogP contribution in [0.1, 0.15) is 29.6 Å². The van der Waals surface area contributed by atoms with Crippen LogP contribution < -0.4 is 9.80 Å². The SMILES string of the molecule is O=C(c1ccc2nc(N3CCCCC3)sc2c1)N1CCN(c2ccc(Cl)cc2)CC1. The van der Waals surface area contributed by atoms with E-state index in [2.05, 4.69) is 9.80 Å². The number of benzene rings is 2. The molecule has 0 radical (unpaired) electrons. The molecule has 0 bridgehead atoms. The number of amides is 1. The van der Waals surface area contributed by atoms with Gasteiger partial charge in [0.05, 0.1) is 10.2 Å². The van der Waals surface area contributed by atoms with Crippen molar-refractivity contribution >= 4 is 49.9 Å². The van der Waals surface area contributed by atoms with E-state index in [1.54, 1.807) is 11.3 Å². The van der Waals surface area contributed by atoms with Crippen molar-refractivity contribution in [3.05, 3.63) is 53.1 Å². The fourth-order valence-electron chi connectivity index (χ4n) is 4.27. The van der Waals surface area contributed by atoms with Gasteiger partial charge in [0.15, 0.2) is 5.13 Å². The summed E-state index contributed by atoms with van der Waals surface area (Å²) in [5.74, 6) is 0.112. The first-order valence-corrected chi connectivity index (χ1v) is 11.8. The summed E-state index contributed by atoms with van der Waals surface area (Å²) < 4.78 is 1.10. The molecular weight excluding hydrogens is 416 g/mol. The van der Waals surface area contributed by atoms with Crippen LogP contribution in [0.4, 0.5) is 10.8 Å². The maximum Gasteiger partial charge on any atom is 0.254 e. The highest BCUT2D eigenvalue weighted by Crippen LogP contribution is 2.31. The van der Waals surface area contributed by atoms with Gasteiger partial charge in [0.25, 0.3) is 5.91 Å². The number of fused-ring (bicyclic) bond motifs is 1. The number of rotatable bonds is 3. The number of anilines is 2.